The molecule has 0 aliphatic heterocycles. The van der Waals surface area contributed by atoms with Crippen LogP contribution in [0.15, 0.2) is 0 Å². The molecule has 0 aromatic heterocycles. The molecule has 16 heavy (non-hydrogen) atoms. The molecule has 3 N–H and O–H groups in total. The monoisotopic (exact) mass is 232 g/mol. The summed E-state index contributed by atoms with van der Waals surface area (Å²) in [5.41, 5.74) is 0. The summed E-state index contributed by atoms with van der Waals surface area (Å²) in [6, 6.07) is 0. The van der Waals surface area contributed by atoms with Gasteiger partial charge in [0.25, 0.3) is 0 Å². The molecule has 0 unspecified atom stereocenters. The van der Waals surface area contributed by atoms with E-state index in [2.05, 4.69) is 0 Å². The molecule has 0 rings (SSSR count). The average molecular weight is 232 g/mol. The molecule has 0 bridgehead atoms. The van der Waals surface area contributed by atoms with E-state index in [1.807, 2.05) is 34.6 Å². The molecule has 0 saturated heterocycles. The van der Waals surface area contributed by atoms with E-state index < -0.39 is 18.3 Å². The van der Waals surface area contributed by atoms with Gasteiger partial charge in [-0.2, -0.15) is 0 Å². The second-order valence-electron chi connectivity index (χ2n) is 5.06. The third kappa shape index (κ3) is 4.04. The van der Waals surface area contributed by atoms with Crippen LogP contribution < -0.4 is 0 Å². The highest BCUT2D eigenvalue weighted by atomic mass is 16.3. The molecule has 0 radical (unpaired) electrons. The normalized spacial score (nSPS) is 23.2. The van der Waals surface area contributed by atoms with Gasteiger partial charge in [-0.3, -0.25) is 0 Å². The minimum Gasteiger partial charge on any atom is -0.393 e. The van der Waals surface area contributed by atoms with Crippen molar-refractivity contribution >= 4 is 0 Å². The third-order valence-corrected chi connectivity index (χ3v) is 3.87. The molecule has 98 valence electrons. The first kappa shape index (κ1) is 15.9. The molecule has 0 aliphatic carbocycles. The number of hydrogen-bond donors (Lipinski definition) is 3. The molecule has 0 fully saturated rings. The lowest BCUT2D eigenvalue weighted by atomic mass is 9.81. The van der Waals surface area contributed by atoms with Crippen molar-refractivity contribution in [3.63, 3.8) is 0 Å². The molecule has 0 aliphatic rings. The number of aliphatic hydroxyl groups is 3. The molecular formula is C13H28O3. The highest BCUT2D eigenvalue weighted by Gasteiger charge is 2.32. The van der Waals surface area contributed by atoms with Crippen molar-refractivity contribution in [1.82, 2.24) is 0 Å². The van der Waals surface area contributed by atoms with Crippen LogP contribution in [0.1, 0.15) is 47.5 Å². The van der Waals surface area contributed by atoms with Gasteiger partial charge in [0, 0.05) is 11.8 Å². The van der Waals surface area contributed by atoms with E-state index in [-0.39, 0.29) is 17.8 Å². The van der Waals surface area contributed by atoms with Crippen molar-refractivity contribution in [2.45, 2.75) is 65.8 Å². The molecule has 0 heterocycles. The van der Waals surface area contributed by atoms with Crippen molar-refractivity contribution in [3.8, 4) is 0 Å². The van der Waals surface area contributed by atoms with E-state index in [9.17, 15) is 15.3 Å². The lowest BCUT2D eigenvalue weighted by Gasteiger charge is -2.33. The maximum atomic E-state index is 10.1. The van der Waals surface area contributed by atoms with Crippen molar-refractivity contribution in [3.05, 3.63) is 0 Å². The smallest absolute Gasteiger partial charge is 0.0640 e. The fourth-order valence-electron chi connectivity index (χ4n) is 2.04. The Hall–Kier alpha value is -0.120. The van der Waals surface area contributed by atoms with Gasteiger partial charge in [-0.1, -0.05) is 41.0 Å². The van der Waals surface area contributed by atoms with Gasteiger partial charge in [0.15, 0.2) is 0 Å². The Labute approximate surface area is 99.5 Å². The first-order valence-corrected chi connectivity index (χ1v) is 6.40. The van der Waals surface area contributed by atoms with E-state index in [0.29, 0.717) is 6.42 Å². The Morgan fingerprint density at radius 2 is 1.25 bits per heavy atom. The molecule has 0 amide bonds. The maximum absolute atomic E-state index is 10.1. The zero-order valence-corrected chi connectivity index (χ0v) is 11.2. The maximum Gasteiger partial charge on any atom is 0.0640 e. The Morgan fingerprint density at radius 1 is 0.750 bits per heavy atom. The van der Waals surface area contributed by atoms with Gasteiger partial charge in [0.1, 0.15) is 0 Å². The van der Waals surface area contributed by atoms with Gasteiger partial charge in [-0.05, 0) is 12.3 Å². The SMILES string of the molecule is CC[C@@H](C)[C@@H](O)[C@@H](C)[C@@H](O)[C@H](C)[C@H](O)CC. The predicted molar refractivity (Wildman–Crippen MR) is 66.1 cm³/mol. The summed E-state index contributed by atoms with van der Waals surface area (Å²) in [4.78, 5) is 0. The Balaban J connectivity index is 4.41. The molecular weight excluding hydrogens is 204 g/mol. The lowest BCUT2D eigenvalue weighted by molar-refractivity contribution is -0.0582. The standard InChI is InChI=1S/C13H28O3/c1-6-8(3)12(15)10(5)13(16)9(4)11(14)7-2/h8-16H,6-7H2,1-5H3/t8-,9-,10-,11-,12-,13+/m1/s1. The van der Waals surface area contributed by atoms with Crippen LogP contribution in [0.2, 0.25) is 0 Å². The average Bonchev–Trinajstić information content (AvgIpc) is 2.32. The van der Waals surface area contributed by atoms with Gasteiger partial charge >= 0.3 is 0 Å². The topological polar surface area (TPSA) is 60.7 Å². The summed E-state index contributed by atoms with van der Waals surface area (Å²) in [5.74, 6) is -0.222. The summed E-state index contributed by atoms with van der Waals surface area (Å²) in [7, 11) is 0. The van der Waals surface area contributed by atoms with Gasteiger partial charge in [0.05, 0.1) is 18.3 Å². The van der Waals surface area contributed by atoms with Crippen molar-refractivity contribution < 1.29 is 15.3 Å². The van der Waals surface area contributed by atoms with Gasteiger partial charge < -0.3 is 15.3 Å². The highest BCUT2D eigenvalue weighted by Crippen LogP contribution is 2.25. The molecule has 3 heteroatoms. The lowest BCUT2D eigenvalue weighted by Crippen LogP contribution is -2.41. The predicted octanol–water partition coefficient (Wildman–Crippen LogP) is 1.80. The first-order valence-electron chi connectivity index (χ1n) is 6.40. The Bertz CT molecular complexity index is 164. The van der Waals surface area contributed by atoms with E-state index in [4.69, 9.17) is 0 Å². The first-order chi connectivity index (χ1) is 7.36. The minimum atomic E-state index is -0.654. The summed E-state index contributed by atoms with van der Waals surface area (Å²) >= 11 is 0. The molecule has 6 atom stereocenters. The zero-order chi connectivity index (χ0) is 12.9. The van der Waals surface area contributed by atoms with Gasteiger partial charge in [0.2, 0.25) is 0 Å². The fourth-order valence-corrected chi connectivity index (χ4v) is 2.04. The Kier molecular flexibility index (Phi) is 7.20. The van der Waals surface area contributed by atoms with Crippen LogP contribution >= 0.6 is 0 Å². The quantitative estimate of drug-likeness (QED) is 0.627. The number of hydrogen-bond acceptors (Lipinski definition) is 3. The summed E-state index contributed by atoms with van der Waals surface area (Å²) in [6.45, 7) is 9.58. The minimum absolute atomic E-state index is 0.176. The molecule has 0 aromatic carbocycles. The largest absolute Gasteiger partial charge is 0.393 e. The van der Waals surface area contributed by atoms with Crippen LogP contribution in [0.3, 0.4) is 0 Å². The summed E-state index contributed by atoms with van der Waals surface area (Å²) < 4.78 is 0. The Morgan fingerprint density at radius 3 is 1.62 bits per heavy atom. The van der Waals surface area contributed by atoms with Crippen LogP contribution in [-0.4, -0.2) is 33.6 Å². The van der Waals surface area contributed by atoms with Gasteiger partial charge in [-0.25, -0.2) is 0 Å². The van der Waals surface area contributed by atoms with E-state index >= 15 is 0 Å². The zero-order valence-electron chi connectivity index (χ0n) is 11.2. The third-order valence-electron chi connectivity index (χ3n) is 3.87. The highest BCUT2D eigenvalue weighted by molar-refractivity contribution is 4.81. The van der Waals surface area contributed by atoms with E-state index in [1.165, 1.54) is 0 Å². The summed E-state index contributed by atoms with van der Waals surface area (Å²) in [5, 5.41) is 29.8. The van der Waals surface area contributed by atoms with Crippen molar-refractivity contribution in [2.75, 3.05) is 0 Å². The number of rotatable bonds is 7. The van der Waals surface area contributed by atoms with Crippen molar-refractivity contribution in [2.24, 2.45) is 17.8 Å². The van der Waals surface area contributed by atoms with Crippen LogP contribution in [-0.2, 0) is 0 Å². The second kappa shape index (κ2) is 7.25. The van der Waals surface area contributed by atoms with Crippen LogP contribution in [0.5, 0.6) is 0 Å². The van der Waals surface area contributed by atoms with Crippen LogP contribution in [0.25, 0.3) is 0 Å². The summed E-state index contributed by atoms with van der Waals surface area (Å²) in [6.07, 6.45) is -0.139. The second-order valence-corrected chi connectivity index (χ2v) is 5.06. The fraction of sp³-hybridized carbons (Fsp3) is 1.00. The number of aliphatic hydroxyl groups excluding tert-OH is 3. The van der Waals surface area contributed by atoms with Crippen LogP contribution in [0.4, 0.5) is 0 Å². The molecule has 0 saturated carbocycles. The molecule has 3 nitrogen and oxygen atoms in total. The van der Waals surface area contributed by atoms with E-state index in [1.54, 1.807) is 0 Å². The molecule has 0 spiro atoms. The van der Waals surface area contributed by atoms with Gasteiger partial charge in [-0.15, -0.1) is 0 Å². The van der Waals surface area contributed by atoms with E-state index in [0.717, 1.165) is 6.42 Å². The van der Waals surface area contributed by atoms with Crippen LogP contribution in [0, 0.1) is 17.8 Å². The van der Waals surface area contributed by atoms with Crippen molar-refractivity contribution in [1.29, 1.82) is 0 Å². The molecule has 0 aromatic rings.